The number of ether oxygens (including phenoxy) is 2. The summed E-state index contributed by atoms with van der Waals surface area (Å²) in [5.41, 5.74) is 0. The van der Waals surface area contributed by atoms with Crippen molar-refractivity contribution in [2.75, 3.05) is 20.8 Å². The van der Waals surface area contributed by atoms with Crippen LogP contribution in [0.2, 0.25) is 0 Å². The predicted octanol–water partition coefficient (Wildman–Crippen LogP) is 3.35. The van der Waals surface area contributed by atoms with Crippen molar-refractivity contribution in [3.8, 4) is 0 Å². The van der Waals surface area contributed by atoms with E-state index in [2.05, 4.69) is 6.92 Å². The number of aliphatic hydroxyl groups is 1. The number of methoxy groups -OCH3 is 2. The van der Waals surface area contributed by atoms with E-state index in [0.29, 0.717) is 0 Å². The van der Waals surface area contributed by atoms with E-state index in [9.17, 15) is 5.11 Å². The minimum atomic E-state index is -0.655. The highest BCUT2D eigenvalue weighted by Crippen LogP contribution is 2.26. The minimum Gasteiger partial charge on any atom is -0.396 e. The lowest BCUT2D eigenvalue weighted by Crippen LogP contribution is -2.40. The molecule has 0 aromatic heterocycles. The number of unbranched alkanes of at least 4 members (excludes halogenated alkanes) is 5. The van der Waals surface area contributed by atoms with Gasteiger partial charge >= 0.3 is 0 Å². The second kappa shape index (κ2) is 9.86. The predicted molar refractivity (Wildman–Crippen MR) is 71.0 cm³/mol. The lowest BCUT2D eigenvalue weighted by Gasteiger charge is -2.34. The van der Waals surface area contributed by atoms with Crippen LogP contribution in [-0.2, 0) is 9.47 Å². The summed E-state index contributed by atoms with van der Waals surface area (Å²) in [5.74, 6) is -0.596. The number of rotatable bonds is 11. The fourth-order valence-electron chi connectivity index (χ4n) is 2.11. The largest absolute Gasteiger partial charge is 0.396 e. The molecular formula is C14H30O3. The molecule has 0 spiro atoms. The normalized spacial score (nSPS) is 13.9. The first-order valence-corrected chi connectivity index (χ1v) is 6.85. The third-order valence-corrected chi connectivity index (χ3v) is 3.68. The zero-order valence-electron chi connectivity index (χ0n) is 12.0. The lowest BCUT2D eigenvalue weighted by atomic mass is 9.93. The van der Waals surface area contributed by atoms with E-state index in [1.54, 1.807) is 14.2 Å². The summed E-state index contributed by atoms with van der Waals surface area (Å²) in [4.78, 5) is 0. The summed E-state index contributed by atoms with van der Waals surface area (Å²) < 4.78 is 10.7. The molecule has 0 fully saturated rings. The molecule has 3 heteroatoms. The van der Waals surface area contributed by atoms with Crippen molar-refractivity contribution >= 4 is 0 Å². The van der Waals surface area contributed by atoms with Crippen LogP contribution in [0.25, 0.3) is 0 Å². The summed E-state index contributed by atoms with van der Waals surface area (Å²) in [7, 11) is 3.26. The second-order valence-electron chi connectivity index (χ2n) is 4.86. The first kappa shape index (κ1) is 16.9. The van der Waals surface area contributed by atoms with Gasteiger partial charge in [-0.3, -0.25) is 0 Å². The van der Waals surface area contributed by atoms with Crippen LogP contribution < -0.4 is 0 Å². The van der Waals surface area contributed by atoms with Gasteiger partial charge in [0.15, 0.2) is 5.79 Å². The van der Waals surface area contributed by atoms with Crippen molar-refractivity contribution in [3.63, 3.8) is 0 Å². The topological polar surface area (TPSA) is 38.7 Å². The van der Waals surface area contributed by atoms with Crippen molar-refractivity contribution < 1.29 is 14.6 Å². The van der Waals surface area contributed by atoms with Gasteiger partial charge < -0.3 is 14.6 Å². The zero-order valence-corrected chi connectivity index (χ0v) is 12.0. The van der Waals surface area contributed by atoms with Crippen molar-refractivity contribution in [2.45, 2.75) is 64.6 Å². The molecule has 1 unspecified atom stereocenters. The summed E-state index contributed by atoms with van der Waals surface area (Å²) in [6.07, 6.45) is 8.56. The maximum absolute atomic E-state index is 9.40. The average molecular weight is 246 g/mol. The van der Waals surface area contributed by atoms with Gasteiger partial charge in [-0.1, -0.05) is 45.4 Å². The summed E-state index contributed by atoms with van der Waals surface area (Å²) in [6, 6.07) is 0. The maximum Gasteiger partial charge on any atom is 0.169 e. The molecular weight excluding hydrogens is 216 g/mol. The summed E-state index contributed by atoms with van der Waals surface area (Å²) in [6.45, 7) is 4.24. The monoisotopic (exact) mass is 246 g/mol. The fraction of sp³-hybridized carbons (Fsp3) is 1.00. The Labute approximate surface area is 107 Å². The summed E-state index contributed by atoms with van der Waals surface area (Å²) in [5, 5.41) is 9.40. The molecule has 0 amide bonds. The van der Waals surface area contributed by atoms with E-state index in [4.69, 9.17) is 9.47 Å². The van der Waals surface area contributed by atoms with Crippen LogP contribution in [0.3, 0.4) is 0 Å². The molecule has 0 radical (unpaired) electrons. The molecule has 104 valence electrons. The van der Waals surface area contributed by atoms with Gasteiger partial charge in [-0.2, -0.15) is 0 Å². The number of aliphatic hydroxyl groups excluding tert-OH is 1. The molecule has 0 aromatic rings. The van der Waals surface area contributed by atoms with Gasteiger partial charge in [0, 0.05) is 20.1 Å². The van der Waals surface area contributed by atoms with Gasteiger partial charge in [-0.25, -0.2) is 0 Å². The first-order chi connectivity index (χ1) is 8.14. The van der Waals surface area contributed by atoms with Gasteiger partial charge in [-0.15, -0.1) is 0 Å². The third kappa shape index (κ3) is 6.39. The van der Waals surface area contributed by atoms with Crippen LogP contribution in [0.1, 0.15) is 58.8 Å². The van der Waals surface area contributed by atoms with Crippen LogP contribution in [0.4, 0.5) is 0 Å². The highest BCUT2D eigenvalue weighted by atomic mass is 16.7. The Hall–Kier alpha value is -0.120. The first-order valence-electron chi connectivity index (χ1n) is 6.85. The SMILES string of the molecule is CCCCCCCCC(CO)C(C)(OC)OC. The van der Waals surface area contributed by atoms with E-state index in [-0.39, 0.29) is 12.5 Å². The Morgan fingerprint density at radius 1 is 1.00 bits per heavy atom. The van der Waals surface area contributed by atoms with E-state index < -0.39 is 5.79 Å². The highest BCUT2D eigenvalue weighted by molar-refractivity contribution is 4.74. The molecule has 0 aliphatic rings. The van der Waals surface area contributed by atoms with Gasteiger partial charge in [0.2, 0.25) is 0 Å². The third-order valence-electron chi connectivity index (χ3n) is 3.68. The van der Waals surface area contributed by atoms with E-state index >= 15 is 0 Å². The molecule has 0 saturated heterocycles. The quantitative estimate of drug-likeness (QED) is 0.449. The smallest absolute Gasteiger partial charge is 0.169 e. The molecule has 0 aliphatic carbocycles. The molecule has 0 aromatic carbocycles. The highest BCUT2D eigenvalue weighted by Gasteiger charge is 2.33. The van der Waals surface area contributed by atoms with Crippen LogP contribution >= 0.6 is 0 Å². The van der Waals surface area contributed by atoms with Crippen molar-refractivity contribution in [1.29, 1.82) is 0 Å². The number of hydrogen-bond donors (Lipinski definition) is 1. The second-order valence-corrected chi connectivity index (χ2v) is 4.86. The average Bonchev–Trinajstić information content (AvgIpc) is 2.37. The van der Waals surface area contributed by atoms with Crippen LogP contribution in [-0.4, -0.2) is 31.7 Å². The Balaban J connectivity index is 3.82. The minimum absolute atomic E-state index is 0.0590. The standard InChI is InChI=1S/C14H30O3/c1-5-6-7-8-9-10-11-13(12-15)14(2,16-3)17-4/h13,15H,5-12H2,1-4H3. The molecule has 0 rings (SSSR count). The van der Waals surface area contributed by atoms with Gasteiger partial charge in [0.25, 0.3) is 0 Å². The Morgan fingerprint density at radius 2 is 1.53 bits per heavy atom. The van der Waals surface area contributed by atoms with E-state index in [1.807, 2.05) is 6.92 Å². The van der Waals surface area contributed by atoms with Crippen molar-refractivity contribution in [3.05, 3.63) is 0 Å². The maximum atomic E-state index is 9.40. The Kier molecular flexibility index (Phi) is 9.79. The van der Waals surface area contributed by atoms with Crippen LogP contribution in [0.5, 0.6) is 0 Å². The van der Waals surface area contributed by atoms with E-state index in [1.165, 1.54) is 32.1 Å². The van der Waals surface area contributed by atoms with E-state index in [0.717, 1.165) is 12.8 Å². The lowest BCUT2D eigenvalue weighted by molar-refractivity contribution is -0.234. The van der Waals surface area contributed by atoms with Crippen molar-refractivity contribution in [1.82, 2.24) is 0 Å². The van der Waals surface area contributed by atoms with Gasteiger partial charge in [0.05, 0.1) is 6.61 Å². The Morgan fingerprint density at radius 3 is 2.00 bits per heavy atom. The Bertz CT molecular complexity index is 167. The fourth-order valence-corrected chi connectivity index (χ4v) is 2.11. The molecule has 0 bridgehead atoms. The van der Waals surface area contributed by atoms with Crippen molar-refractivity contribution in [2.24, 2.45) is 5.92 Å². The zero-order chi connectivity index (χ0) is 13.1. The molecule has 0 heterocycles. The van der Waals surface area contributed by atoms with Crippen LogP contribution in [0, 0.1) is 5.92 Å². The summed E-state index contributed by atoms with van der Waals surface area (Å²) >= 11 is 0. The number of hydrogen-bond acceptors (Lipinski definition) is 3. The van der Waals surface area contributed by atoms with Crippen LogP contribution in [0.15, 0.2) is 0 Å². The molecule has 0 saturated carbocycles. The molecule has 1 atom stereocenters. The molecule has 17 heavy (non-hydrogen) atoms. The molecule has 3 nitrogen and oxygen atoms in total. The van der Waals surface area contributed by atoms with Gasteiger partial charge in [0.1, 0.15) is 0 Å². The van der Waals surface area contributed by atoms with Gasteiger partial charge in [-0.05, 0) is 13.3 Å². The molecule has 0 aliphatic heterocycles. The molecule has 1 N–H and O–H groups in total.